The summed E-state index contributed by atoms with van der Waals surface area (Å²) < 4.78 is 9.76. The number of rotatable bonds is 5. The number of aromatic nitrogens is 2. The highest BCUT2D eigenvalue weighted by Crippen LogP contribution is 2.34. The monoisotopic (exact) mass is 526 g/mol. The number of methoxy groups -OCH3 is 2. The van der Waals surface area contributed by atoms with Crippen molar-refractivity contribution in [3.63, 3.8) is 0 Å². The first-order valence-corrected chi connectivity index (χ1v) is 13.3. The SMILES string of the molecule is COC(=O)Nc1ccc2c(c1)N[C@@H](C(=O)OC)CCCC[C@H](NC(=O)C1CCC(CN)CC1)c1ncc-2[nH]1. The van der Waals surface area contributed by atoms with E-state index in [9.17, 15) is 14.4 Å². The molecule has 11 nitrogen and oxygen atoms in total. The van der Waals surface area contributed by atoms with Gasteiger partial charge in [-0.2, -0.15) is 0 Å². The number of aromatic amines is 1. The molecule has 4 rings (SSSR count). The van der Waals surface area contributed by atoms with Crippen LogP contribution in [0.25, 0.3) is 11.3 Å². The average molecular weight is 527 g/mol. The van der Waals surface area contributed by atoms with Crippen molar-refractivity contribution in [2.45, 2.75) is 63.5 Å². The maximum absolute atomic E-state index is 13.2. The third kappa shape index (κ3) is 6.63. The zero-order chi connectivity index (χ0) is 27.1. The summed E-state index contributed by atoms with van der Waals surface area (Å²) in [6.45, 7) is 0.676. The number of anilines is 2. The van der Waals surface area contributed by atoms with Gasteiger partial charge in [0.25, 0.3) is 0 Å². The van der Waals surface area contributed by atoms with Crippen LogP contribution in [0.5, 0.6) is 0 Å². The molecule has 11 heteroatoms. The lowest BCUT2D eigenvalue weighted by atomic mass is 9.81. The summed E-state index contributed by atoms with van der Waals surface area (Å²) in [5.41, 5.74) is 8.44. The van der Waals surface area contributed by atoms with E-state index in [-0.39, 0.29) is 23.8 Å². The van der Waals surface area contributed by atoms with Crippen LogP contribution >= 0.6 is 0 Å². The molecule has 2 amide bonds. The molecule has 1 aliphatic heterocycles. The molecule has 1 saturated carbocycles. The van der Waals surface area contributed by atoms with Crippen LogP contribution in [0.2, 0.25) is 0 Å². The molecule has 2 bridgehead atoms. The van der Waals surface area contributed by atoms with Crippen molar-refractivity contribution in [1.29, 1.82) is 0 Å². The molecule has 2 heterocycles. The molecule has 2 aromatic rings. The molecule has 1 fully saturated rings. The number of nitrogens with zero attached hydrogens (tertiary/aromatic N) is 1. The molecule has 38 heavy (non-hydrogen) atoms. The van der Waals surface area contributed by atoms with Gasteiger partial charge in [-0.1, -0.05) is 12.8 Å². The molecule has 0 saturated heterocycles. The predicted octanol–water partition coefficient (Wildman–Crippen LogP) is 3.70. The number of nitrogens with two attached hydrogens (primary N) is 1. The highest BCUT2D eigenvalue weighted by Gasteiger charge is 2.29. The number of hydrogen-bond donors (Lipinski definition) is 5. The molecular formula is C27H38N6O5. The predicted molar refractivity (Wildman–Crippen MR) is 143 cm³/mol. The van der Waals surface area contributed by atoms with Gasteiger partial charge >= 0.3 is 12.1 Å². The fourth-order valence-corrected chi connectivity index (χ4v) is 5.30. The van der Waals surface area contributed by atoms with E-state index in [1.807, 2.05) is 6.07 Å². The van der Waals surface area contributed by atoms with Crippen molar-refractivity contribution in [3.05, 3.63) is 30.2 Å². The molecule has 0 radical (unpaired) electrons. The summed E-state index contributed by atoms with van der Waals surface area (Å²) in [6.07, 6.45) is 7.56. The maximum Gasteiger partial charge on any atom is 0.411 e. The van der Waals surface area contributed by atoms with Gasteiger partial charge in [-0.3, -0.25) is 10.1 Å². The number of H-pyrrole nitrogens is 1. The minimum absolute atomic E-state index is 0.0111. The lowest BCUT2D eigenvalue weighted by molar-refractivity contribution is -0.141. The summed E-state index contributed by atoms with van der Waals surface area (Å²) in [6, 6.07) is 4.46. The van der Waals surface area contributed by atoms with Crippen molar-refractivity contribution in [2.24, 2.45) is 17.6 Å². The van der Waals surface area contributed by atoms with Crippen LogP contribution < -0.4 is 21.7 Å². The van der Waals surface area contributed by atoms with E-state index < -0.39 is 12.1 Å². The Hall–Kier alpha value is -3.60. The van der Waals surface area contributed by atoms with E-state index in [2.05, 4.69) is 25.9 Å². The standard InChI is InChI=1S/C27H38N6O5/c1-37-26(35)21-6-4-3-5-20(33-25(34)17-9-7-16(14-28)8-10-17)24-29-15-23(32-24)19-12-11-18(13-22(19)31-21)30-27(36)38-2/h11-13,15-17,20-21,31H,3-10,14,28H2,1-2H3,(H,29,32)(H,30,36)(H,33,34)/t16?,17?,20-,21+/m0/s1. The van der Waals surface area contributed by atoms with Crippen LogP contribution in [0.4, 0.5) is 16.2 Å². The second-order valence-electron chi connectivity index (χ2n) is 10.1. The highest BCUT2D eigenvalue weighted by atomic mass is 16.5. The van der Waals surface area contributed by atoms with E-state index >= 15 is 0 Å². The lowest BCUT2D eigenvalue weighted by Gasteiger charge is -2.28. The van der Waals surface area contributed by atoms with Crippen LogP contribution in [0, 0.1) is 11.8 Å². The smallest absolute Gasteiger partial charge is 0.411 e. The van der Waals surface area contributed by atoms with Crippen molar-refractivity contribution >= 4 is 29.3 Å². The molecule has 0 spiro atoms. The summed E-state index contributed by atoms with van der Waals surface area (Å²) in [5, 5.41) is 9.20. The molecular weight excluding hydrogens is 488 g/mol. The van der Waals surface area contributed by atoms with Gasteiger partial charge in [0.15, 0.2) is 0 Å². The number of carbonyl (C=O) groups excluding carboxylic acids is 3. The Balaban J connectivity index is 1.61. The van der Waals surface area contributed by atoms with Crippen LogP contribution in [-0.4, -0.2) is 54.7 Å². The second-order valence-corrected chi connectivity index (χ2v) is 10.1. The topological polar surface area (TPSA) is 160 Å². The number of fused-ring (bicyclic) bond motifs is 4. The Morgan fingerprint density at radius 3 is 2.53 bits per heavy atom. The first kappa shape index (κ1) is 27.4. The highest BCUT2D eigenvalue weighted by molar-refractivity contribution is 5.89. The summed E-state index contributed by atoms with van der Waals surface area (Å²) >= 11 is 0. The van der Waals surface area contributed by atoms with Gasteiger partial charge in [-0.05, 0) is 69.2 Å². The average Bonchev–Trinajstić information content (AvgIpc) is 3.43. The van der Waals surface area contributed by atoms with Gasteiger partial charge in [-0.25, -0.2) is 14.6 Å². The number of carbonyl (C=O) groups is 3. The van der Waals surface area contributed by atoms with Gasteiger partial charge in [0.2, 0.25) is 5.91 Å². The fraction of sp³-hybridized carbons (Fsp3) is 0.556. The number of ether oxygens (including phenoxy) is 2. The minimum atomic E-state index is -0.596. The molecule has 1 aromatic carbocycles. The van der Waals surface area contributed by atoms with E-state index in [0.717, 1.165) is 49.8 Å². The Labute approximate surface area is 222 Å². The molecule has 2 aliphatic rings. The first-order chi connectivity index (χ1) is 18.4. The van der Waals surface area contributed by atoms with Gasteiger partial charge < -0.3 is 30.8 Å². The third-order valence-corrected chi connectivity index (χ3v) is 7.59. The van der Waals surface area contributed by atoms with E-state index in [0.29, 0.717) is 42.5 Å². The third-order valence-electron chi connectivity index (χ3n) is 7.59. The van der Waals surface area contributed by atoms with Crippen molar-refractivity contribution in [2.75, 3.05) is 31.4 Å². The number of benzene rings is 1. The summed E-state index contributed by atoms with van der Waals surface area (Å²) in [4.78, 5) is 45.5. The van der Waals surface area contributed by atoms with Crippen LogP contribution in [0.3, 0.4) is 0 Å². The Morgan fingerprint density at radius 2 is 1.82 bits per heavy atom. The van der Waals surface area contributed by atoms with Gasteiger partial charge in [-0.15, -0.1) is 0 Å². The molecule has 206 valence electrons. The summed E-state index contributed by atoms with van der Waals surface area (Å²) in [5.74, 6) is 0.874. The lowest BCUT2D eigenvalue weighted by Crippen LogP contribution is -2.37. The largest absolute Gasteiger partial charge is 0.467 e. The van der Waals surface area contributed by atoms with Crippen molar-refractivity contribution in [1.82, 2.24) is 15.3 Å². The van der Waals surface area contributed by atoms with Crippen molar-refractivity contribution < 1.29 is 23.9 Å². The molecule has 6 N–H and O–H groups in total. The van der Waals surface area contributed by atoms with Gasteiger partial charge in [0.05, 0.1) is 32.2 Å². The van der Waals surface area contributed by atoms with Crippen LogP contribution in [-0.2, 0) is 19.1 Å². The first-order valence-electron chi connectivity index (χ1n) is 13.3. The fourth-order valence-electron chi connectivity index (χ4n) is 5.30. The second kappa shape index (κ2) is 12.8. The zero-order valence-electron chi connectivity index (χ0n) is 22.0. The molecule has 1 aliphatic carbocycles. The quantitative estimate of drug-likeness (QED) is 0.369. The minimum Gasteiger partial charge on any atom is -0.467 e. The Morgan fingerprint density at radius 1 is 1.05 bits per heavy atom. The number of nitrogens with one attached hydrogen (secondary N) is 4. The maximum atomic E-state index is 13.2. The Bertz CT molecular complexity index is 1130. The number of hydrogen-bond acceptors (Lipinski definition) is 8. The zero-order valence-corrected chi connectivity index (χ0v) is 22.0. The van der Waals surface area contributed by atoms with E-state index in [1.165, 1.54) is 14.2 Å². The molecule has 0 unspecified atom stereocenters. The van der Waals surface area contributed by atoms with Crippen LogP contribution in [0.15, 0.2) is 24.4 Å². The number of esters is 1. The molecule has 2 atom stereocenters. The Kier molecular flexibility index (Phi) is 9.22. The van der Waals surface area contributed by atoms with Gasteiger partial charge in [0.1, 0.15) is 11.9 Å². The van der Waals surface area contributed by atoms with Gasteiger partial charge in [0, 0.05) is 22.9 Å². The number of amides is 2. The molecule has 1 aromatic heterocycles. The number of imidazole rings is 1. The van der Waals surface area contributed by atoms with Crippen LogP contribution in [0.1, 0.15) is 63.2 Å². The van der Waals surface area contributed by atoms with E-state index in [4.69, 9.17) is 15.2 Å². The summed E-state index contributed by atoms with van der Waals surface area (Å²) in [7, 11) is 2.66. The van der Waals surface area contributed by atoms with Crippen molar-refractivity contribution in [3.8, 4) is 11.3 Å². The normalized spacial score (nSPS) is 23.4. The van der Waals surface area contributed by atoms with E-state index in [1.54, 1.807) is 18.3 Å².